The van der Waals surface area contributed by atoms with Crippen LogP contribution in [0.4, 0.5) is 4.79 Å². The van der Waals surface area contributed by atoms with Gasteiger partial charge in [0, 0.05) is 3.57 Å². The fraction of sp³-hybridized carbons (Fsp3) is 0.286. The number of nitrogens with one attached hydrogen (secondary N) is 1. The maximum Gasteiger partial charge on any atom is 0.339 e. The topological polar surface area (TPSA) is 153 Å². The van der Waals surface area contributed by atoms with Crippen molar-refractivity contribution in [1.29, 1.82) is 0 Å². The number of guanidine groups is 1. The zero-order chi connectivity index (χ0) is 20.4. The normalized spacial score (nSPS) is 16.9. The van der Waals surface area contributed by atoms with E-state index in [9.17, 15) is 18.0 Å². The summed E-state index contributed by atoms with van der Waals surface area (Å²) >= 11 is 1.88. The number of amidine groups is 1. The molecule has 2 amide bonds. The van der Waals surface area contributed by atoms with Crippen LogP contribution in [0.1, 0.15) is 17.3 Å². The first-order valence-electron chi connectivity index (χ1n) is 7.30. The zero-order valence-electron chi connectivity index (χ0n) is 14.5. The largest absolute Gasteiger partial charge is 0.467 e. The van der Waals surface area contributed by atoms with Gasteiger partial charge in [0.25, 0.3) is 10.0 Å². The molecule has 0 spiro atoms. The van der Waals surface area contributed by atoms with Crippen molar-refractivity contribution in [2.45, 2.75) is 18.0 Å². The molecular formula is C14H16IN5O6S. The number of carbonyl (C=O) groups excluding carboxylic acids is 2. The minimum Gasteiger partial charge on any atom is -0.467 e. The molecule has 1 aromatic carbocycles. The zero-order valence-corrected chi connectivity index (χ0v) is 17.4. The van der Waals surface area contributed by atoms with Crippen molar-refractivity contribution in [3.05, 3.63) is 27.3 Å². The third kappa shape index (κ3) is 4.47. The van der Waals surface area contributed by atoms with E-state index in [1.54, 1.807) is 0 Å². The van der Waals surface area contributed by atoms with Crippen LogP contribution in [0.5, 0.6) is 0 Å². The van der Waals surface area contributed by atoms with Gasteiger partial charge >= 0.3 is 18.0 Å². The van der Waals surface area contributed by atoms with E-state index in [1.165, 1.54) is 32.2 Å². The summed E-state index contributed by atoms with van der Waals surface area (Å²) in [7, 11) is -1.97. The molecule has 1 atom stereocenters. The summed E-state index contributed by atoms with van der Waals surface area (Å²) in [6.45, 7) is 1.50. The van der Waals surface area contributed by atoms with E-state index in [1.807, 2.05) is 27.3 Å². The smallest absolute Gasteiger partial charge is 0.339 e. The number of aliphatic imine (C=N–C) groups is 2. The lowest BCUT2D eigenvalue weighted by Crippen LogP contribution is -2.54. The Hall–Kier alpha value is -2.42. The average Bonchev–Trinajstić information content (AvgIpc) is 2.59. The van der Waals surface area contributed by atoms with Gasteiger partial charge in [-0.05, 0) is 47.7 Å². The minimum atomic E-state index is -4.42. The number of benzene rings is 1. The van der Waals surface area contributed by atoms with Gasteiger partial charge in [-0.15, -0.1) is 0 Å². The van der Waals surface area contributed by atoms with Crippen molar-refractivity contribution < 1.29 is 27.5 Å². The van der Waals surface area contributed by atoms with E-state index in [0.29, 0.717) is 3.57 Å². The molecule has 27 heavy (non-hydrogen) atoms. The number of halogens is 1. The van der Waals surface area contributed by atoms with Crippen LogP contribution in [0.3, 0.4) is 0 Å². The molecule has 0 radical (unpaired) electrons. The van der Waals surface area contributed by atoms with Gasteiger partial charge in [-0.3, -0.25) is 0 Å². The molecule has 1 aromatic rings. The van der Waals surface area contributed by atoms with Gasteiger partial charge in [-0.1, -0.05) is 0 Å². The molecule has 0 fully saturated rings. The number of hydrogen-bond donors (Lipinski definition) is 2. The Labute approximate surface area is 168 Å². The molecule has 1 unspecified atom stereocenters. The van der Waals surface area contributed by atoms with Gasteiger partial charge in [0.05, 0.1) is 19.8 Å². The number of sulfonamides is 1. The highest BCUT2D eigenvalue weighted by atomic mass is 127. The van der Waals surface area contributed by atoms with Crippen molar-refractivity contribution in [1.82, 2.24) is 9.62 Å². The Morgan fingerprint density at radius 3 is 2.56 bits per heavy atom. The van der Waals surface area contributed by atoms with Gasteiger partial charge in [0.1, 0.15) is 11.1 Å². The van der Waals surface area contributed by atoms with Crippen molar-refractivity contribution >= 4 is 56.6 Å². The molecule has 11 nitrogen and oxygen atoms in total. The molecule has 146 valence electrons. The van der Waals surface area contributed by atoms with Crippen LogP contribution in [-0.2, 0) is 19.5 Å². The predicted molar refractivity (Wildman–Crippen MR) is 104 cm³/mol. The minimum absolute atomic E-state index is 0.0440. The Balaban J connectivity index is 2.36. The lowest BCUT2D eigenvalue weighted by Gasteiger charge is -2.28. The van der Waals surface area contributed by atoms with Crippen molar-refractivity contribution in [2.24, 2.45) is 15.7 Å². The highest BCUT2D eigenvalue weighted by Gasteiger charge is 2.32. The van der Waals surface area contributed by atoms with Crippen LogP contribution in [0.15, 0.2) is 33.1 Å². The Bertz CT molecular complexity index is 945. The maximum atomic E-state index is 12.7. The lowest BCUT2D eigenvalue weighted by atomic mass is 10.2. The highest BCUT2D eigenvalue weighted by Crippen LogP contribution is 2.20. The molecule has 2 rings (SSSR count). The van der Waals surface area contributed by atoms with Gasteiger partial charge in [0.2, 0.25) is 5.96 Å². The fourth-order valence-electron chi connectivity index (χ4n) is 2.18. The lowest BCUT2D eigenvalue weighted by molar-refractivity contribution is 0.0596. The molecule has 0 bridgehead atoms. The van der Waals surface area contributed by atoms with E-state index < -0.39 is 33.1 Å². The van der Waals surface area contributed by atoms with Gasteiger partial charge in [-0.2, -0.15) is 4.99 Å². The van der Waals surface area contributed by atoms with Crippen molar-refractivity contribution in [2.75, 3.05) is 14.2 Å². The maximum absolute atomic E-state index is 12.7. The standard InChI is InChI=1S/C14H16IN5O6S/c1-7-17-13(26-3)18-12(16)20(7)14(22)19-27(23,24)10-6-8(15)4-5-9(10)11(21)25-2/h4-7H,1-3H3,(H,19,22)(H2,16,17,18). The van der Waals surface area contributed by atoms with Crippen LogP contribution >= 0.6 is 22.6 Å². The molecule has 13 heteroatoms. The molecule has 1 aliphatic rings. The highest BCUT2D eigenvalue weighted by molar-refractivity contribution is 14.1. The Kier molecular flexibility index (Phi) is 6.25. The first kappa shape index (κ1) is 20.9. The Morgan fingerprint density at radius 1 is 1.33 bits per heavy atom. The second kappa shape index (κ2) is 8.08. The molecule has 3 N–H and O–H groups in total. The molecule has 0 saturated heterocycles. The van der Waals surface area contributed by atoms with E-state index in [-0.39, 0.29) is 17.5 Å². The number of hydrogen-bond acceptors (Lipinski definition) is 9. The number of esters is 1. The van der Waals surface area contributed by atoms with Gasteiger partial charge < -0.3 is 15.2 Å². The van der Waals surface area contributed by atoms with E-state index in [0.717, 1.165) is 12.0 Å². The number of ether oxygens (including phenoxy) is 2. The summed E-state index contributed by atoms with van der Waals surface area (Å²) in [5.74, 6) is -1.15. The number of nitrogens with zero attached hydrogens (tertiary/aromatic N) is 3. The summed E-state index contributed by atoms with van der Waals surface area (Å²) in [4.78, 5) is 32.5. The second-order valence-corrected chi connectivity index (χ2v) is 8.03. The summed E-state index contributed by atoms with van der Waals surface area (Å²) in [6.07, 6.45) is -0.858. The van der Waals surface area contributed by atoms with Crippen LogP contribution in [0.25, 0.3) is 0 Å². The second-order valence-electron chi connectivity index (χ2n) is 5.13. The predicted octanol–water partition coefficient (Wildman–Crippen LogP) is 0.455. The van der Waals surface area contributed by atoms with E-state index in [4.69, 9.17) is 10.5 Å². The van der Waals surface area contributed by atoms with Crippen LogP contribution in [-0.4, -0.2) is 57.7 Å². The summed E-state index contributed by atoms with van der Waals surface area (Å²) in [6, 6.07) is 2.93. The number of nitrogens with two attached hydrogens (primary N) is 1. The molecular weight excluding hydrogens is 493 g/mol. The third-order valence-electron chi connectivity index (χ3n) is 3.39. The first-order valence-corrected chi connectivity index (χ1v) is 9.86. The molecule has 0 aromatic heterocycles. The fourth-order valence-corrected chi connectivity index (χ4v) is 4.04. The Morgan fingerprint density at radius 2 is 2.00 bits per heavy atom. The van der Waals surface area contributed by atoms with Crippen molar-refractivity contribution in [3.8, 4) is 0 Å². The number of carbonyl (C=O) groups is 2. The number of amides is 2. The van der Waals surface area contributed by atoms with E-state index in [2.05, 4.69) is 14.7 Å². The summed E-state index contributed by atoms with van der Waals surface area (Å²) < 4.78 is 37.2. The summed E-state index contributed by atoms with van der Waals surface area (Å²) in [5, 5.41) is 0. The first-order chi connectivity index (χ1) is 12.6. The van der Waals surface area contributed by atoms with Crippen LogP contribution in [0, 0.1) is 3.57 Å². The molecule has 1 heterocycles. The quantitative estimate of drug-likeness (QED) is 0.443. The van der Waals surface area contributed by atoms with Gasteiger partial charge in [0.15, 0.2) is 0 Å². The van der Waals surface area contributed by atoms with Gasteiger partial charge in [-0.25, -0.2) is 32.6 Å². The monoisotopic (exact) mass is 509 g/mol. The number of rotatable bonds is 3. The van der Waals surface area contributed by atoms with Crippen LogP contribution in [0.2, 0.25) is 0 Å². The number of methoxy groups -OCH3 is 2. The molecule has 1 aliphatic heterocycles. The SMILES string of the molecule is COC(=O)c1ccc(I)cc1S(=O)(=O)NC(=O)N1C(N)=NC(OC)=NC1C. The van der Waals surface area contributed by atoms with E-state index >= 15 is 0 Å². The summed E-state index contributed by atoms with van der Waals surface area (Å²) in [5.41, 5.74) is 5.49. The number of urea groups is 1. The third-order valence-corrected chi connectivity index (χ3v) is 5.42. The van der Waals surface area contributed by atoms with Crippen molar-refractivity contribution in [3.63, 3.8) is 0 Å². The average molecular weight is 509 g/mol. The molecule has 0 saturated carbocycles. The van der Waals surface area contributed by atoms with Crippen LogP contribution < -0.4 is 10.5 Å². The molecule has 0 aliphatic carbocycles.